The molecule has 1 N–H and O–H groups in total. The highest BCUT2D eigenvalue weighted by Crippen LogP contribution is 2.32. The van der Waals surface area contributed by atoms with Crippen molar-refractivity contribution >= 4 is 34.4 Å². The summed E-state index contributed by atoms with van der Waals surface area (Å²) in [7, 11) is 1.60. The van der Waals surface area contributed by atoms with Gasteiger partial charge in [-0.25, -0.2) is 4.79 Å². The molecule has 33 heavy (non-hydrogen) atoms. The molecule has 3 heterocycles. The van der Waals surface area contributed by atoms with Crippen molar-refractivity contribution in [1.29, 1.82) is 0 Å². The van der Waals surface area contributed by atoms with Crippen molar-refractivity contribution in [3.8, 4) is 5.75 Å². The number of nitrogens with one attached hydrogen (secondary N) is 1. The number of rotatable bonds is 3. The van der Waals surface area contributed by atoms with Crippen LogP contribution in [0.5, 0.6) is 5.75 Å². The van der Waals surface area contributed by atoms with E-state index in [9.17, 15) is 19.2 Å². The van der Waals surface area contributed by atoms with Gasteiger partial charge in [0.2, 0.25) is 0 Å². The lowest BCUT2D eigenvalue weighted by Gasteiger charge is -2.31. The molecule has 0 spiro atoms. The number of carbonyl (C=O) groups is 3. The van der Waals surface area contributed by atoms with Crippen molar-refractivity contribution in [2.24, 2.45) is 13.0 Å². The van der Waals surface area contributed by atoms with E-state index in [2.05, 4.69) is 5.32 Å². The van der Waals surface area contributed by atoms with Gasteiger partial charge in [-0.3, -0.25) is 19.0 Å². The molecule has 0 bridgehead atoms. The van der Waals surface area contributed by atoms with Gasteiger partial charge in [-0.15, -0.1) is 0 Å². The minimum absolute atomic E-state index is 0.0195. The van der Waals surface area contributed by atoms with Crippen LogP contribution in [0.1, 0.15) is 40.5 Å². The van der Waals surface area contributed by atoms with E-state index in [1.807, 2.05) is 0 Å². The Morgan fingerprint density at radius 1 is 1.09 bits per heavy atom. The molecular weight excluding hydrogens is 426 g/mol. The fourth-order valence-electron chi connectivity index (χ4n) is 4.43. The summed E-state index contributed by atoms with van der Waals surface area (Å²) in [5, 5.41) is 2.77. The number of amides is 2. The first-order valence-corrected chi connectivity index (χ1v) is 10.9. The van der Waals surface area contributed by atoms with Crippen LogP contribution in [0.15, 0.2) is 45.6 Å². The first-order chi connectivity index (χ1) is 15.8. The molecule has 1 fully saturated rings. The highest BCUT2D eigenvalue weighted by atomic mass is 16.5. The fourth-order valence-corrected chi connectivity index (χ4v) is 4.43. The van der Waals surface area contributed by atoms with Gasteiger partial charge in [-0.1, -0.05) is 6.07 Å². The maximum Gasteiger partial charge on any atom is 0.419 e. The largest absolute Gasteiger partial charge is 0.479 e. The maximum atomic E-state index is 13.1. The van der Waals surface area contributed by atoms with Crippen molar-refractivity contribution < 1.29 is 23.5 Å². The molecule has 0 aliphatic carbocycles. The summed E-state index contributed by atoms with van der Waals surface area (Å²) in [4.78, 5) is 51.6. The number of carbonyl (C=O) groups excluding carboxylic acids is 3. The number of ketones is 1. The number of piperidine rings is 1. The van der Waals surface area contributed by atoms with E-state index in [1.54, 1.807) is 55.3 Å². The molecule has 2 amide bonds. The molecule has 1 aromatic heterocycles. The Labute approximate surface area is 188 Å². The van der Waals surface area contributed by atoms with Gasteiger partial charge in [-0.2, -0.15) is 0 Å². The first-order valence-electron chi connectivity index (χ1n) is 10.9. The van der Waals surface area contributed by atoms with Crippen molar-refractivity contribution in [2.75, 3.05) is 18.4 Å². The zero-order valence-electron chi connectivity index (χ0n) is 18.3. The van der Waals surface area contributed by atoms with Crippen LogP contribution in [-0.2, 0) is 11.8 Å². The molecule has 2 aliphatic heterocycles. The molecule has 9 nitrogen and oxygen atoms in total. The van der Waals surface area contributed by atoms with E-state index >= 15 is 0 Å². The Bertz CT molecular complexity index is 1350. The summed E-state index contributed by atoms with van der Waals surface area (Å²) in [5.41, 5.74) is 2.19. The molecule has 5 rings (SSSR count). The van der Waals surface area contributed by atoms with E-state index in [0.29, 0.717) is 54.0 Å². The van der Waals surface area contributed by atoms with Crippen LogP contribution in [0.25, 0.3) is 11.1 Å². The molecular formula is C24H23N3O6. The van der Waals surface area contributed by atoms with E-state index in [-0.39, 0.29) is 29.1 Å². The Morgan fingerprint density at radius 2 is 1.85 bits per heavy atom. The molecule has 1 atom stereocenters. The second-order valence-corrected chi connectivity index (χ2v) is 8.47. The van der Waals surface area contributed by atoms with E-state index < -0.39 is 11.9 Å². The van der Waals surface area contributed by atoms with Gasteiger partial charge in [0.05, 0.1) is 16.8 Å². The smallest absolute Gasteiger partial charge is 0.419 e. The lowest BCUT2D eigenvalue weighted by atomic mass is 9.88. The number of hydrogen-bond acceptors (Lipinski definition) is 6. The summed E-state index contributed by atoms with van der Waals surface area (Å²) in [6, 6.07) is 10.2. The first kappa shape index (κ1) is 21.0. The van der Waals surface area contributed by atoms with E-state index in [4.69, 9.17) is 9.15 Å². The number of nitrogens with zero attached hydrogens (tertiary/aromatic N) is 2. The lowest BCUT2D eigenvalue weighted by molar-refractivity contribution is -0.122. The monoisotopic (exact) mass is 449 g/mol. The van der Waals surface area contributed by atoms with Crippen LogP contribution >= 0.6 is 0 Å². The summed E-state index contributed by atoms with van der Waals surface area (Å²) in [6.07, 6.45) is 0.475. The minimum Gasteiger partial charge on any atom is -0.479 e. The Hall–Kier alpha value is -3.88. The van der Waals surface area contributed by atoms with Crippen LogP contribution in [0.4, 0.5) is 5.69 Å². The fraction of sp³-hybridized carbons (Fsp3) is 0.333. The number of likely N-dealkylation sites (tertiary alicyclic amines) is 1. The molecule has 2 aromatic carbocycles. The van der Waals surface area contributed by atoms with Crippen molar-refractivity contribution in [3.05, 3.63) is 58.1 Å². The van der Waals surface area contributed by atoms with Crippen LogP contribution in [0.3, 0.4) is 0 Å². The highest BCUT2D eigenvalue weighted by Gasteiger charge is 2.31. The SMILES string of the molecule is CC1Oc2ccc(C(=O)C3CCN(C(=O)c4cccc5c4oc(=O)n5C)CC3)cc2NC1=O. The van der Waals surface area contributed by atoms with Crippen molar-refractivity contribution in [3.63, 3.8) is 0 Å². The quantitative estimate of drug-likeness (QED) is 0.616. The van der Waals surface area contributed by atoms with Gasteiger partial charge in [0, 0.05) is 31.6 Å². The zero-order chi connectivity index (χ0) is 23.3. The second-order valence-electron chi connectivity index (χ2n) is 8.47. The Morgan fingerprint density at radius 3 is 2.61 bits per heavy atom. The molecule has 1 unspecified atom stereocenters. The van der Waals surface area contributed by atoms with Gasteiger partial charge >= 0.3 is 5.76 Å². The van der Waals surface area contributed by atoms with Gasteiger partial charge in [-0.05, 0) is 50.1 Å². The highest BCUT2D eigenvalue weighted by molar-refractivity contribution is 6.05. The number of para-hydroxylation sites is 1. The molecule has 2 aliphatic rings. The Kier molecular flexibility index (Phi) is 5.03. The molecule has 3 aromatic rings. The number of anilines is 1. The number of Topliss-reactive ketones (excluding diaryl/α,β-unsaturated/α-hetero) is 1. The third-order valence-electron chi connectivity index (χ3n) is 6.40. The number of ether oxygens (including phenoxy) is 1. The molecule has 9 heteroatoms. The van der Waals surface area contributed by atoms with Crippen LogP contribution in [0, 0.1) is 5.92 Å². The van der Waals surface area contributed by atoms with Crippen molar-refractivity contribution in [1.82, 2.24) is 9.47 Å². The number of hydrogen-bond donors (Lipinski definition) is 1. The summed E-state index contributed by atoms with van der Waals surface area (Å²) < 4.78 is 12.2. The van der Waals surface area contributed by atoms with E-state index in [0.717, 1.165) is 0 Å². The normalized spacial score (nSPS) is 18.5. The minimum atomic E-state index is -0.573. The number of benzene rings is 2. The topological polar surface area (TPSA) is 111 Å². The molecule has 0 radical (unpaired) electrons. The average Bonchev–Trinajstić information content (AvgIpc) is 3.12. The van der Waals surface area contributed by atoms with Crippen LogP contribution in [0.2, 0.25) is 0 Å². The molecule has 170 valence electrons. The predicted molar refractivity (Wildman–Crippen MR) is 120 cm³/mol. The van der Waals surface area contributed by atoms with Crippen molar-refractivity contribution in [2.45, 2.75) is 25.9 Å². The summed E-state index contributed by atoms with van der Waals surface area (Å²) in [5.74, 6) is -0.686. The van der Waals surface area contributed by atoms with Gasteiger partial charge in [0.1, 0.15) is 5.75 Å². The third-order valence-corrected chi connectivity index (χ3v) is 6.40. The number of aryl methyl sites for hydroxylation is 1. The lowest BCUT2D eigenvalue weighted by Crippen LogP contribution is -2.40. The Balaban J connectivity index is 1.29. The van der Waals surface area contributed by atoms with E-state index in [1.165, 1.54) is 4.57 Å². The summed E-state index contributed by atoms with van der Waals surface area (Å²) in [6.45, 7) is 2.51. The third kappa shape index (κ3) is 3.59. The maximum absolute atomic E-state index is 13.1. The van der Waals surface area contributed by atoms with Gasteiger partial charge in [0.25, 0.3) is 11.8 Å². The number of oxazole rings is 1. The number of aromatic nitrogens is 1. The van der Waals surface area contributed by atoms with Gasteiger partial charge in [0.15, 0.2) is 17.5 Å². The second kappa shape index (κ2) is 7.91. The predicted octanol–water partition coefficient (Wildman–Crippen LogP) is 2.59. The number of fused-ring (bicyclic) bond motifs is 2. The molecule has 1 saturated heterocycles. The zero-order valence-corrected chi connectivity index (χ0v) is 18.3. The molecule has 0 saturated carbocycles. The standard InChI is InChI=1S/C24H23N3O6/c1-13-22(29)25-17-12-15(6-7-19(17)32-13)20(28)14-8-10-27(11-9-14)23(30)16-4-3-5-18-21(16)33-24(31)26(18)2/h3-7,12-14H,8-11H2,1-2H3,(H,25,29). The summed E-state index contributed by atoms with van der Waals surface area (Å²) >= 11 is 0. The van der Waals surface area contributed by atoms with Gasteiger partial charge < -0.3 is 19.4 Å². The average molecular weight is 449 g/mol. The van der Waals surface area contributed by atoms with Crippen LogP contribution < -0.4 is 15.8 Å². The van der Waals surface area contributed by atoms with Crippen LogP contribution in [-0.4, -0.2) is 46.3 Å².